The molecule has 1 aliphatic carbocycles. The Balaban J connectivity index is 2.16. The summed E-state index contributed by atoms with van der Waals surface area (Å²) in [6.07, 6.45) is 2.21. The topological polar surface area (TPSA) is 46.3 Å². The zero-order valence-electron chi connectivity index (χ0n) is 10.2. The molecule has 2 rings (SSSR count). The summed E-state index contributed by atoms with van der Waals surface area (Å²) in [6.45, 7) is 0.434. The molecule has 1 fully saturated rings. The number of rotatable bonds is 4. The summed E-state index contributed by atoms with van der Waals surface area (Å²) in [7, 11) is 1.71. The first kappa shape index (κ1) is 13.3. The molecule has 1 aromatic rings. The molecule has 1 amide bonds. The lowest BCUT2D eigenvalue weighted by Crippen LogP contribution is -2.43. The molecule has 3 nitrogen and oxygen atoms in total. The van der Waals surface area contributed by atoms with E-state index in [1.54, 1.807) is 11.9 Å². The number of nitrogens with two attached hydrogens (primary N) is 1. The van der Waals surface area contributed by atoms with Gasteiger partial charge in [-0.25, -0.2) is 4.39 Å². The first-order valence-electron chi connectivity index (χ1n) is 5.97. The Morgan fingerprint density at radius 3 is 2.78 bits per heavy atom. The highest BCUT2D eigenvalue weighted by atomic mass is 35.5. The minimum absolute atomic E-state index is 0.0202. The molecule has 0 radical (unpaired) electrons. The Hall–Kier alpha value is -1.13. The van der Waals surface area contributed by atoms with Crippen LogP contribution in [0.5, 0.6) is 0 Å². The number of nitrogens with zero attached hydrogens (tertiary/aromatic N) is 1. The summed E-state index contributed by atoms with van der Waals surface area (Å²) in [5.74, 6) is -0.305. The predicted molar refractivity (Wildman–Crippen MR) is 69.1 cm³/mol. The van der Waals surface area contributed by atoms with Crippen LogP contribution in [0.3, 0.4) is 0 Å². The Kier molecular flexibility index (Phi) is 3.88. The van der Waals surface area contributed by atoms with Gasteiger partial charge in [0, 0.05) is 25.2 Å². The van der Waals surface area contributed by atoms with Crippen LogP contribution in [0.25, 0.3) is 0 Å². The van der Waals surface area contributed by atoms with E-state index >= 15 is 0 Å². The highest BCUT2D eigenvalue weighted by Gasteiger charge is 2.35. The molecule has 0 heterocycles. The maximum atomic E-state index is 13.3. The molecule has 0 aromatic heterocycles. The monoisotopic (exact) mass is 270 g/mol. The second kappa shape index (κ2) is 5.24. The van der Waals surface area contributed by atoms with Crippen LogP contribution in [0.2, 0.25) is 5.02 Å². The predicted octanol–water partition coefficient (Wildman–Crippen LogP) is 2.29. The second-order valence-corrected chi connectivity index (χ2v) is 5.09. The van der Waals surface area contributed by atoms with E-state index in [4.69, 9.17) is 17.3 Å². The van der Waals surface area contributed by atoms with Gasteiger partial charge in [0.05, 0.1) is 5.02 Å². The number of benzene rings is 1. The minimum Gasteiger partial charge on any atom is -0.337 e. The lowest BCUT2D eigenvalue weighted by atomic mass is 10.1. The summed E-state index contributed by atoms with van der Waals surface area (Å²) in [5.41, 5.74) is 6.00. The van der Waals surface area contributed by atoms with Crippen molar-refractivity contribution in [2.24, 2.45) is 11.7 Å². The van der Waals surface area contributed by atoms with Crippen molar-refractivity contribution in [2.75, 3.05) is 13.6 Å². The largest absolute Gasteiger partial charge is 0.337 e. The van der Waals surface area contributed by atoms with Crippen molar-refractivity contribution in [3.8, 4) is 0 Å². The Morgan fingerprint density at radius 2 is 2.28 bits per heavy atom. The van der Waals surface area contributed by atoms with Gasteiger partial charge in [-0.05, 0) is 37.0 Å². The molecule has 0 spiro atoms. The molecule has 1 atom stereocenters. The molecule has 2 N–H and O–H groups in total. The second-order valence-electron chi connectivity index (χ2n) is 4.69. The van der Waals surface area contributed by atoms with Crippen molar-refractivity contribution >= 4 is 17.5 Å². The van der Waals surface area contributed by atoms with Crippen molar-refractivity contribution in [2.45, 2.75) is 18.9 Å². The number of likely N-dealkylation sites (N-methyl/N-ethyl adjacent to an activating group) is 1. The lowest BCUT2D eigenvalue weighted by molar-refractivity contribution is 0.0718. The van der Waals surface area contributed by atoms with Crippen LogP contribution in [0.15, 0.2) is 18.2 Å². The molecule has 1 aliphatic rings. The van der Waals surface area contributed by atoms with Crippen LogP contribution in [-0.2, 0) is 0 Å². The number of carbonyl (C=O) groups excluding carboxylic acids is 1. The molecule has 1 aromatic carbocycles. The molecule has 0 aliphatic heterocycles. The Bertz CT molecular complexity index is 462. The van der Waals surface area contributed by atoms with Crippen LogP contribution in [-0.4, -0.2) is 30.4 Å². The van der Waals surface area contributed by atoms with E-state index in [0.717, 1.165) is 12.8 Å². The third kappa shape index (κ3) is 2.65. The normalized spacial score (nSPS) is 16.4. The van der Waals surface area contributed by atoms with Gasteiger partial charge in [-0.2, -0.15) is 0 Å². The van der Waals surface area contributed by atoms with E-state index in [0.29, 0.717) is 18.0 Å². The quantitative estimate of drug-likeness (QED) is 0.912. The molecular formula is C13H16ClFN2O. The van der Waals surface area contributed by atoms with Gasteiger partial charge in [-0.3, -0.25) is 4.79 Å². The average Bonchev–Trinajstić information content (AvgIpc) is 3.17. The summed E-state index contributed by atoms with van der Waals surface area (Å²) < 4.78 is 13.3. The summed E-state index contributed by atoms with van der Waals surface area (Å²) >= 11 is 5.60. The fourth-order valence-corrected chi connectivity index (χ4v) is 2.25. The smallest absolute Gasteiger partial charge is 0.254 e. The van der Waals surface area contributed by atoms with Gasteiger partial charge in [0.25, 0.3) is 5.91 Å². The molecule has 0 bridgehead atoms. The number of hydrogen-bond donors (Lipinski definition) is 1. The van der Waals surface area contributed by atoms with Crippen molar-refractivity contribution in [3.05, 3.63) is 34.6 Å². The van der Waals surface area contributed by atoms with E-state index in [2.05, 4.69) is 0 Å². The van der Waals surface area contributed by atoms with Crippen molar-refractivity contribution in [3.63, 3.8) is 0 Å². The SMILES string of the molecule is CN(C(=O)c1ccc(Cl)c(F)c1)C(CN)C1CC1. The van der Waals surface area contributed by atoms with Gasteiger partial charge >= 0.3 is 0 Å². The van der Waals surface area contributed by atoms with Crippen molar-refractivity contribution in [1.29, 1.82) is 0 Å². The third-order valence-electron chi connectivity index (χ3n) is 3.39. The maximum Gasteiger partial charge on any atom is 0.254 e. The van der Waals surface area contributed by atoms with Gasteiger partial charge in [-0.15, -0.1) is 0 Å². The van der Waals surface area contributed by atoms with Crippen molar-refractivity contribution in [1.82, 2.24) is 4.90 Å². The number of carbonyl (C=O) groups is 1. The summed E-state index contributed by atoms with van der Waals surface area (Å²) in [4.78, 5) is 13.8. The van der Waals surface area contributed by atoms with Gasteiger partial charge < -0.3 is 10.6 Å². The van der Waals surface area contributed by atoms with Crippen LogP contribution in [0.4, 0.5) is 4.39 Å². The first-order valence-corrected chi connectivity index (χ1v) is 6.34. The average molecular weight is 271 g/mol. The molecule has 5 heteroatoms. The number of amides is 1. The summed E-state index contributed by atoms with van der Waals surface area (Å²) in [5, 5.41) is 0.0202. The minimum atomic E-state index is -0.577. The van der Waals surface area contributed by atoms with E-state index in [1.807, 2.05) is 0 Å². The number of halogens is 2. The standard InChI is InChI=1S/C13H16ClFN2O/c1-17(12(7-16)8-2-3-8)13(18)9-4-5-10(14)11(15)6-9/h4-6,8,12H,2-3,7,16H2,1H3. The lowest BCUT2D eigenvalue weighted by Gasteiger charge is -2.27. The fourth-order valence-electron chi connectivity index (χ4n) is 2.13. The van der Waals surface area contributed by atoms with Gasteiger partial charge in [0.1, 0.15) is 5.82 Å². The fraction of sp³-hybridized carbons (Fsp3) is 0.462. The van der Waals surface area contributed by atoms with Gasteiger partial charge in [0.2, 0.25) is 0 Å². The maximum absolute atomic E-state index is 13.3. The highest BCUT2D eigenvalue weighted by molar-refractivity contribution is 6.30. The van der Waals surface area contributed by atoms with E-state index in [9.17, 15) is 9.18 Å². The van der Waals surface area contributed by atoms with E-state index < -0.39 is 5.82 Å². The van der Waals surface area contributed by atoms with Gasteiger partial charge in [0.15, 0.2) is 0 Å². The molecular weight excluding hydrogens is 255 g/mol. The Labute approximate surface area is 111 Å². The van der Waals surface area contributed by atoms with Gasteiger partial charge in [-0.1, -0.05) is 11.6 Å². The molecule has 1 unspecified atom stereocenters. The molecule has 1 saturated carbocycles. The first-order chi connectivity index (χ1) is 8.54. The third-order valence-corrected chi connectivity index (χ3v) is 3.70. The molecule has 98 valence electrons. The number of hydrogen-bond acceptors (Lipinski definition) is 2. The zero-order valence-corrected chi connectivity index (χ0v) is 11.0. The van der Waals surface area contributed by atoms with Crippen molar-refractivity contribution < 1.29 is 9.18 Å². The molecule has 0 saturated heterocycles. The van der Waals surface area contributed by atoms with Crippen LogP contribution >= 0.6 is 11.6 Å². The van der Waals surface area contributed by atoms with E-state index in [1.165, 1.54) is 18.2 Å². The highest BCUT2D eigenvalue weighted by Crippen LogP contribution is 2.35. The molecule has 18 heavy (non-hydrogen) atoms. The van der Waals surface area contributed by atoms with Crippen LogP contribution in [0.1, 0.15) is 23.2 Å². The zero-order chi connectivity index (χ0) is 13.3. The summed E-state index contributed by atoms with van der Waals surface area (Å²) in [6, 6.07) is 4.13. The van der Waals surface area contributed by atoms with E-state index in [-0.39, 0.29) is 17.0 Å². The van der Waals surface area contributed by atoms with Crippen LogP contribution < -0.4 is 5.73 Å². The van der Waals surface area contributed by atoms with Crippen LogP contribution in [0, 0.1) is 11.7 Å². The Morgan fingerprint density at radius 1 is 1.61 bits per heavy atom.